The Morgan fingerprint density at radius 1 is 1.05 bits per heavy atom. The summed E-state index contributed by atoms with van der Waals surface area (Å²) in [5.74, 6) is -0.177. The molecule has 0 aliphatic carbocycles. The van der Waals surface area contributed by atoms with Gasteiger partial charge in [0.15, 0.2) is 5.78 Å². The second-order valence-electron chi connectivity index (χ2n) is 4.26. The summed E-state index contributed by atoms with van der Waals surface area (Å²) in [6.07, 6.45) is 1.47. The monoisotopic (exact) mass is 254 g/mol. The highest BCUT2D eigenvalue weighted by Gasteiger charge is 2.07. The van der Waals surface area contributed by atoms with Crippen LogP contribution >= 0.6 is 0 Å². The lowest BCUT2D eigenvalue weighted by molar-refractivity contribution is 0.104. The van der Waals surface area contributed by atoms with Crippen LogP contribution in [0.1, 0.15) is 22.8 Å². The summed E-state index contributed by atoms with van der Waals surface area (Å²) in [7, 11) is 0. The summed E-state index contributed by atoms with van der Waals surface area (Å²) >= 11 is 0. The smallest absolute Gasteiger partial charge is 0.186 e. The van der Waals surface area contributed by atoms with Gasteiger partial charge in [0.2, 0.25) is 0 Å². The normalized spacial score (nSPS) is 11.3. The van der Waals surface area contributed by atoms with E-state index in [1.165, 1.54) is 18.2 Å². The molecule has 0 amide bonds. The van der Waals surface area contributed by atoms with Gasteiger partial charge >= 0.3 is 0 Å². The molecule has 2 rings (SSSR count). The molecule has 3 heteroatoms. The van der Waals surface area contributed by atoms with Crippen molar-refractivity contribution < 1.29 is 15.0 Å². The van der Waals surface area contributed by atoms with Crippen LogP contribution in [0.5, 0.6) is 11.5 Å². The molecule has 0 radical (unpaired) electrons. The Balaban J connectivity index is 2.31. The van der Waals surface area contributed by atoms with E-state index in [1.807, 2.05) is 6.07 Å². The lowest BCUT2D eigenvalue weighted by Gasteiger charge is -2.05. The molecule has 2 aromatic rings. The zero-order valence-electron chi connectivity index (χ0n) is 10.5. The molecule has 0 aliphatic heterocycles. The molecular formula is C16H14O3. The molecule has 0 aromatic heterocycles. The number of hydrogen-bond acceptors (Lipinski definition) is 3. The van der Waals surface area contributed by atoms with Crippen molar-refractivity contribution in [2.45, 2.75) is 6.92 Å². The summed E-state index contributed by atoms with van der Waals surface area (Å²) in [5.41, 5.74) is 1.77. The maximum absolute atomic E-state index is 12.0. The first kappa shape index (κ1) is 12.9. The number of phenolic OH excluding ortho intramolecular Hbond substituents is 2. The highest BCUT2D eigenvalue weighted by molar-refractivity contribution is 6.08. The molecule has 2 aromatic carbocycles. The van der Waals surface area contributed by atoms with Gasteiger partial charge in [0.1, 0.15) is 11.5 Å². The molecule has 19 heavy (non-hydrogen) atoms. The van der Waals surface area contributed by atoms with Gasteiger partial charge in [-0.25, -0.2) is 0 Å². The van der Waals surface area contributed by atoms with E-state index in [4.69, 9.17) is 0 Å². The molecule has 0 spiro atoms. The van der Waals surface area contributed by atoms with E-state index >= 15 is 0 Å². The third-order valence-corrected chi connectivity index (χ3v) is 2.81. The van der Waals surface area contributed by atoms with Crippen LogP contribution in [0.25, 0.3) is 5.57 Å². The van der Waals surface area contributed by atoms with Gasteiger partial charge < -0.3 is 10.2 Å². The second-order valence-corrected chi connectivity index (χ2v) is 4.26. The number of carbonyl (C=O) groups excluding carboxylic acids is 1. The Kier molecular flexibility index (Phi) is 3.66. The first-order valence-electron chi connectivity index (χ1n) is 5.88. The molecular weight excluding hydrogens is 240 g/mol. The van der Waals surface area contributed by atoms with E-state index in [-0.39, 0.29) is 17.3 Å². The van der Waals surface area contributed by atoms with Crippen molar-refractivity contribution in [3.05, 3.63) is 65.7 Å². The van der Waals surface area contributed by atoms with Gasteiger partial charge in [-0.05, 0) is 30.7 Å². The van der Waals surface area contributed by atoms with E-state index in [9.17, 15) is 15.0 Å². The van der Waals surface area contributed by atoms with E-state index in [2.05, 4.69) is 0 Å². The third kappa shape index (κ3) is 3.01. The average Bonchev–Trinajstić information content (AvgIpc) is 2.39. The number of phenols is 2. The van der Waals surface area contributed by atoms with Gasteiger partial charge in [-0.3, -0.25) is 4.79 Å². The van der Waals surface area contributed by atoms with Crippen LogP contribution in [-0.4, -0.2) is 16.0 Å². The molecule has 0 fully saturated rings. The predicted octanol–water partition coefficient (Wildman–Crippen LogP) is 3.38. The number of allylic oxidation sites excluding steroid dienone is 2. The Morgan fingerprint density at radius 3 is 2.37 bits per heavy atom. The van der Waals surface area contributed by atoms with E-state index in [0.29, 0.717) is 16.7 Å². The van der Waals surface area contributed by atoms with Crippen LogP contribution in [-0.2, 0) is 0 Å². The molecule has 0 heterocycles. The number of carbonyl (C=O) groups is 1. The van der Waals surface area contributed by atoms with Gasteiger partial charge in [0.05, 0.1) is 0 Å². The molecule has 0 unspecified atom stereocenters. The zero-order chi connectivity index (χ0) is 13.8. The van der Waals surface area contributed by atoms with Gasteiger partial charge in [0, 0.05) is 17.2 Å². The average molecular weight is 254 g/mol. The van der Waals surface area contributed by atoms with Gasteiger partial charge in [-0.1, -0.05) is 30.3 Å². The van der Waals surface area contributed by atoms with Crippen molar-refractivity contribution in [3.8, 4) is 11.5 Å². The van der Waals surface area contributed by atoms with E-state index < -0.39 is 0 Å². The van der Waals surface area contributed by atoms with Crippen molar-refractivity contribution in [2.24, 2.45) is 0 Å². The summed E-state index contributed by atoms with van der Waals surface area (Å²) in [5, 5.41) is 19.0. The molecule has 3 nitrogen and oxygen atoms in total. The van der Waals surface area contributed by atoms with Gasteiger partial charge in [-0.2, -0.15) is 0 Å². The molecule has 0 aliphatic rings. The lowest BCUT2D eigenvalue weighted by Crippen LogP contribution is -1.95. The number of rotatable bonds is 3. The lowest BCUT2D eigenvalue weighted by atomic mass is 10.0. The highest BCUT2D eigenvalue weighted by Crippen LogP contribution is 2.28. The molecule has 0 atom stereocenters. The standard InChI is InChI=1S/C16H14O3/c1-11(14-8-7-13(17)10-16(14)19)9-15(18)12-5-3-2-4-6-12/h2-10,17,19H,1H3/b11-9+. The van der Waals surface area contributed by atoms with Crippen LogP contribution in [0.15, 0.2) is 54.6 Å². The number of benzene rings is 2. The number of hydrogen-bond donors (Lipinski definition) is 2. The minimum atomic E-state index is -0.120. The van der Waals surface area contributed by atoms with Crippen LogP contribution in [0, 0.1) is 0 Å². The number of ketones is 1. The van der Waals surface area contributed by atoms with Crippen LogP contribution in [0.4, 0.5) is 0 Å². The molecule has 0 bridgehead atoms. The summed E-state index contributed by atoms with van der Waals surface area (Å²) in [6, 6.07) is 13.2. The topological polar surface area (TPSA) is 57.5 Å². The van der Waals surface area contributed by atoms with E-state index in [1.54, 1.807) is 37.3 Å². The van der Waals surface area contributed by atoms with Gasteiger partial charge in [0.25, 0.3) is 0 Å². The maximum Gasteiger partial charge on any atom is 0.186 e. The van der Waals surface area contributed by atoms with Gasteiger partial charge in [-0.15, -0.1) is 0 Å². The summed E-state index contributed by atoms with van der Waals surface area (Å²) in [4.78, 5) is 12.0. The Morgan fingerprint density at radius 2 is 1.74 bits per heavy atom. The van der Waals surface area contributed by atoms with Crippen LogP contribution in [0.2, 0.25) is 0 Å². The Bertz CT molecular complexity index is 628. The molecule has 2 N–H and O–H groups in total. The number of aromatic hydroxyl groups is 2. The second kappa shape index (κ2) is 5.40. The molecule has 0 saturated carbocycles. The minimum absolute atomic E-state index is 0.0107. The predicted molar refractivity (Wildman–Crippen MR) is 74.2 cm³/mol. The highest BCUT2D eigenvalue weighted by atomic mass is 16.3. The van der Waals surface area contributed by atoms with Crippen molar-refractivity contribution in [1.29, 1.82) is 0 Å². The fourth-order valence-electron chi connectivity index (χ4n) is 1.81. The van der Waals surface area contributed by atoms with Crippen molar-refractivity contribution in [1.82, 2.24) is 0 Å². The van der Waals surface area contributed by atoms with E-state index in [0.717, 1.165) is 0 Å². The van der Waals surface area contributed by atoms with Crippen LogP contribution in [0.3, 0.4) is 0 Å². The largest absolute Gasteiger partial charge is 0.508 e. The quantitative estimate of drug-likeness (QED) is 0.652. The van der Waals surface area contributed by atoms with Crippen molar-refractivity contribution in [2.75, 3.05) is 0 Å². The van der Waals surface area contributed by atoms with Crippen LogP contribution < -0.4 is 0 Å². The Hall–Kier alpha value is -2.55. The maximum atomic E-state index is 12.0. The molecule has 96 valence electrons. The third-order valence-electron chi connectivity index (χ3n) is 2.81. The Labute approximate surface area is 111 Å². The summed E-state index contributed by atoms with van der Waals surface area (Å²) < 4.78 is 0. The fraction of sp³-hybridized carbons (Fsp3) is 0.0625. The minimum Gasteiger partial charge on any atom is -0.508 e. The molecule has 0 saturated heterocycles. The summed E-state index contributed by atoms with van der Waals surface area (Å²) in [6.45, 7) is 1.74. The first-order chi connectivity index (χ1) is 9.08. The zero-order valence-corrected chi connectivity index (χ0v) is 10.5. The fourth-order valence-corrected chi connectivity index (χ4v) is 1.81. The van der Waals surface area contributed by atoms with Crippen molar-refractivity contribution in [3.63, 3.8) is 0 Å². The first-order valence-corrected chi connectivity index (χ1v) is 5.88. The SMILES string of the molecule is C/C(=C\C(=O)c1ccccc1)c1ccc(O)cc1O. The van der Waals surface area contributed by atoms with Crippen molar-refractivity contribution >= 4 is 11.4 Å².